The first-order chi connectivity index (χ1) is 9.08. The average molecular weight is 255 g/mol. The van der Waals surface area contributed by atoms with Gasteiger partial charge < -0.3 is 10.3 Å². The van der Waals surface area contributed by atoms with Crippen molar-refractivity contribution in [3.05, 3.63) is 47.8 Å². The lowest BCUT2D eigenvalue weighted by atomic mass is 10.1. The summed E-state index contributed by atoms with van der Waals surface area (Å²) in [5.74, 6) is 0.496. The molecule has 1 aromatic heterocycles. The first kappa shape index (κ1) is 11.7. The van der Waals surface area contributed by atoms with Gasteiger partial charge in [-0.05, 0) is 36.8 Å². The minimum absolute atomic E-state index is 0.264. The molecule has 0 radical (unpaired) electrons. The van der Waals surface area contributed by atoms with Gasteiger partial charge in [-0.25, -0.2) is 9.37 Å². The summed E-state index contributed by atoms with van der Waals surface area (Å²) in [4.78, 5) is 4.56. The fraction of sp³-hybridized carbons (Fsp3) is 0.133. The Kier molecular flexibility index (Phi) is 2.52. The molecule has 2 aromatic carbocycles. The Morgan fingerprint density at radius 3 is 2.74 bits per heavy atom. The van der Waals surface area contributed by atoms with E-state index in [1.54, 1.807) is 6.07 Å². The Labute approximate surface area is 110 Å². The average Bonchev–Trinajstić information content (AvgIpc) is 2.67. The monoisotopic (exact) mass is 255 g/mol. The molecule has 4 heteroatoms. The Balaban J connectivity index is 2.35. The lowest BCUT2D eigenvalue weighted by Gasteiger charge is -2.09. The highest BCUT2D eigenvalue weighted by molar-refractivity contribution is 5.84. The quantitative estimate of drug-likeness (QED) is 0.678. The number of nitrogens with zero attached hydrogens (tertiary/aromatic N) is 2. The maximum Gasteiger partial charge on any atom is 0.143 e. The van der Waals surface area contributed by atoms with Crippen molar-refractivity contribution < 1.29 is 4.39 Å². The third-order valence-corrected chi connectivity index (χ3v) is 3.37. The van der Waals surface area contributed by atoms with E-state index >= 15 is 0 Å². The number of fused-ring (bicyclic) bond motifs is 1. The number of hydrogen-bond donors (Lipinski definition) is 1. The predicted molar refractivity (Wildman–Crippen MR) is 75.3 cm³/mol. The van der Waals surface area contributed by atoms with Crippen LogP contribution in [0.3, 0.4) is 0 Å². The van der Waals surface area contributed by atoms with Gasteiger partial charge in [-0.3, -0.25) is 0 Å². The van der Waals surface area contributed by atoms with Crippen LogP contribution >= 0.6 is 0 Å². The first-order valence-electron chi connectivity index (χ1n) is 6.05. The van der Waals surface area contributed by atoms with Crippen LogP contribution in [0.2, 0.25) is 0 Å². The molecular weight excluding hydrogens is 241 g/mol. The van der Waals surface area contributed by atoms with Crippen molar-refractivity contribution in [1.82, 2.24) is 9.55 Å². The number of hydrogen-bond acceptors (Lipinski definition) is 2. The molecule has 0 spiro atoms. The van der Waals surface area contributed by atoms with E-state index in [-0.39, 0.29) is 5.82 Å². The fourth-order valence-electron chi connectivity index (χ4n) is 2.38. The summed E-state index contributed by atoms with van der Waals surface area (Å²) in [6.45, 7) is 1.99. The lowest BCUT2D eigenvalue weighted by molar-refractivity contribution is 0.629. The number of rotatable bonds is 1. The van der Waals surface area contributed by atoms with Gasteiger partial charge in [0.2, 0.25) is 0 Å². The topological polar surface area (TPSA) is 43.8 Å². The van der Waals surface area contributed by atoms with E-state index < -0.39 is 0 Å². The molecule has 0 fully saturated rings. The second-order valence-electron chi connectivity index (χ2n) is 4.67. The van der Waals surface area contributed by atoms with Crippen LogP contribution < -0.4 is 5.73 Å². The second kappa shape index (κ2) is 4.09. The predicted octanol–water partition coefficient (Wildman–Crippen LogP) is 3.27. The zero-order valence-electron chi connectivity index (χ0n) is 10.8. The van der Waals surface area contributed by atoms with Gasteiger partial charge in [0.25, 0.3) is 0 Å². The van der Waals surface area contributed by atoms with E-state index in [9.17, 15) is 4.39 Å². The molecule has 96 valence electrons. The number of aryl methyl sites for hydroxylation is 2. The lowest BCUT2D eigenvalue weighted by Crippen LogP contribution is -1.99. The Morgan fingerprint density at radius 1 is 1.21 bits per heavy atom. The molecule has 0 saturated carbocycles. The van der Waals surface area contributed by atoms with Crippen molar-refractivity contribution in [3.8, 4) is 11.4 Å². The number of nitrogens with two attached hydrogens (primary N) is 1. The van der Waals surface area contributed by atoms with Crippen LogP contribution in [0.1, 0.15) is 5.56 Å². The largest absolute Gasteiger partial charge is 0.398 e. The molecular formula is C15H14FN3. The van der Waals surface area contributed by atoms with Crippen molar-refractivity contribution in [1.29, 1.82) is 0 Å². The normalized spacial score (nSPS) is 11.1. The van der Waals surface area contributed by atoms with Crippen LogP contribution in [0.25, 0.3) is 22.4 Å². The number of imidazole rings is 1. The molecule has 0 aliphatic heterocycles. The molecule has 0 atom stereocenters. The number of benzene rings is 2. The summed E-state index contributed by atoms with van der Waals surface area (Å²) in [6, 6.07) is 10.3. The summed E-state index contributed by atoms with van der Waals surface area (Å²) in [7, 11) is 1.87. The molecule has 3 aromatic rings. The maximum atomic E-state index is 13.3. The zero-order valence-corrected chi connectivity index (χ0v) is 10.8. The van der Waals surface area contributed by atoms with Gasteiger partial charge in [0.05, 0.1) is 11.0 Å². The number of anilines is 1. The molecule has 3 nitrogen and oxygen atoms in total. The van der Waals surface area contributed by atoms with Crippen molar-refractivity contribution in [2.24, 2.45) is 7.05 Å². The van der Waals surface area contributed by atoms with Gasteiger partial charge in [-0.1, -0.05) is 12.1 Å². The summed E-state index contributed by atoms with van der Waals surface area (Å²) in [5, 5.41) is 0. The molecule has 0 unspecified atom stereocenters. The second-order valence-corrected chi connectivity index (χ2v) is 4.67. The van der Waals surface area contributed by atoms with Gasteiger partial charge in [0.1, 0.15) is 11.6 Å². The van der Waals surface area contributed by atoms with E-state index in [2.05, 4.69) is 4.98 Å². The van der Waals surface area contributed by atoms with Crippen molar-refractivity contribution in [2.75, 3.05) is 5.73 Å². The van der Waals surface area contributed by atoms with Gasteiger partial charge >= 0.3 is 0 Å². The molecule has 3 rings (SSSR count). The van der Waals surface area contributed by atoms with Crippen LogP contribution in [0.15, 0.2) is 36.4 Å². The van der Waals surface area contributed by atoms with E-state index in [0.29, 0.717) is 5.69 Å². The summed E-state index contributed by atoms with van der Waals surface area (Å²) >= 11 is 0. The summed E-state index contributed by atoms with van der Waals surface area (Å²) < 4.78 is 15.2. The Hall–Kier alpha value is -2.36. The highest BCUT2D eigenvalue weighted by Gasteiger charge is 2.14. The van der Waals surface area contributed by atoms with Gasteiger partial charge in [-0.15, -0.1) is 0 Å². The minimum Gasteiger partial charge on any atom is -0.398 e. The summed E-state index contributed by atoms with van der Waals surface area (Å²) in [6.07, 6.45) is 0. The molecule has 0 amide bonds. The van der Waals surface area contributed by atoms with Crippen molar-refractivity contribution in [2.45, 2.75) is 6.92 Å². The minimum atomic E-state index is -0.264. The molecule has 0 bridgehead atoms. The molecule has 0 aliphatic rings. The number of aromatic nitrogens is 2. The van der Waals surface area contributed by atoms with E-state index in [0.717, 1.165) is 28.0 Å². The highest BCUT2D eigenvalue weighted by atomic mass is 19.1. The van der Waals surface area contributed by atoms with Crippen LogP contribution in [0.5, 0.6) is 0 Å². The molecule has 1 heterocycles. The third-order valence-electron chi connectivity index (χ3n) is 3.37. The Morgan fingerprint density at radius 2 is 2.00 bits per heavy atom. The number of nitrogen functional groups attached to an aromatic ring is 1. The molecule has 0 aliphatic carbocycles. The van der Waals surface area contributed by atoms with Gasteiger partial charge in [0, 0.05) is 18.3 Å². The smallest absolute Gasteiger partial charge is 0.143 e. The van der Waals surface area contributed by atoms with Crippen LogP contribution in [0.4, 0.5) is 10.1 Å². The maximum absolute atomic E-state index is 13.3. The molecule has 19 heavy (non-hydrogen) atoms. The SMILES string of the molecule is Cc1cccc(N)c1-c1nc2ccc(F)cc2n1C. The van der Waals surface area contributed by atoms with Crippen LogP contribution in [0, 0.1) is 12.7 Å². The van der Waals surface area contributed by atoms with Gasteiger partial charge in [0.15, 0.2) is 0 Å². The number of halogens is 1. The van der Waals surface area contributed by atoms with E-state index in [1.165, 1.54) is 12.1 Å². The standard InChI is InChI=1S/C15H14FN3/c1-9-4-3-5-11(17)14(9)15-18-12-7-6-10(16)8-13(12)19(15)2/h3-8H,17H2,1-2H3. The van der Waals surface area contributed by atoms with Crippen molar-refractivity contribution >= 4 is 16.7 Å². The third kappa shape index (κ3) is 1.76. The van der Waals surface area contributed by atoms with Crippen LogP contribution in [-0.2, 0) is 7.05 Å². The highest BCUT2D eigenvalue weighted by Crippen LogP contribution is 2.30. The zero-order chi connectivity index (χ0) is 13.6. The first-order valence-corrected chi connectivity index (χ1v) is 6.05. The van der Waals surface area contributed by atoms with Crippen molar-refractivity contribution in [3.63, 3.8) is 0 Å². The van der Waals surface area contributed by atoms with E-state index in [4.69, 9.17) is 5.73 Å². The van der Waals surface area contributed by atoms with E-state index in [1.807, 2.05) is 36.7 Å². The molecule has 0 saturated heterocycles. The summed E-state index contributed by atoms with van der Waals surface area (Å²) in [5.41, 5.74) is 10.2. The fourth-order valence-corrected chi connectivity index (χ4v) is 2.38. The van der Waals surface area contributed by atoms with Crippen LogP contribution in [-0.4, -0.2) is 9.55 Å². The van der Waals surface area contributed by atoms with Gasteiger partial charge in [-0.2, -0.15) is 0 Å². The Bertz CT molecular complexity index is 754. The molecule has 2 N–H and O–H groups in total.